The summed E-state index contributed by atoms with van der Waals surface area (Å²) < 4.78 is 0. The van der Waals surface area contributed by atoms with Crippen LogP contribution in [0, 0.1) is 11.3 Å². The highest BCUT2D eigenvalue weighted by molar-refractivity contribution is 4.82. The molecule has 0 aromatic rings. The molecule has 1 rings (SSSR count). The first-order chi connectivity index (χ1) is 5.51. The topological polar surface area (TPSA) is 3.24 Å². The first-order valence-electron chi connectivity index (χ1n) is 5.23. The van der Waals surface area contributed by atoms with Crippen molar-refractivity contribution in [2.24, 2.45) is 11.3 Å². The molecule has 0 N–H and O–H groups in total. The SMILES string of the molecule is CCCC1CN(CC(C)(C)C)C1. The van der Waals surface area contributed by atoms with Gasteiger partial charge in [-0.1, -0.05) is 34.1 Å². The Hall–Kier alpha value is -0.0400. The quantitative estimate of drug-likeness (QED) is 0.628. The van der Waals surface area contributed by atoms with Crippen molar-refractivity contribution in [2.75, 3.05) is 19.6 Å². The number of rotatable bonds is 3. The van der Waals surface area contributed by atoms with Crippen molar-refractivity contribution in [2.45, 2.75) is 40.5 Å². The standard InChI is InChI=1S/C11H23N/c1-5-6-10-7-12(8-10)9-11(2,3)4/h10H,5-9H2,1-4H3. The molecule has 1 aliphatic rings. The van der Waals surface area contributed by atoms with Gasteiger partial charge in [0, 0.05) is 19.6 Å². The van der Waals surface area contributed by atoms with Gasteiger partial charge in [0.15, 0.2) is 0 Å². The monoisotopic (exact) mass is 169 g/mol. The fourth-order valence-electron chi connectivity index (χ4n) is 2.07. The molecule has 12 heavy (non-hydrogen) atoms. The maximum absolute atomic E-state index is 2.58. The van der Waals surface area contributed by atoms with Gasteiger partial charge in [0.25, 0.3) is 0 Å². The fourth-order valence-corrected chi connectivity index (χ4v) is 2.07. The Morgan fingerprint density at radius 2 is 1.83 bits per heavy atom. The molecule has 1 aliphatic heterocycles. The molecule has 0 spiro atoms. The molecule has 72 valence electrons. The third-order valence-electron chi connectivity index (χ3n) is 2.43. The molecule has 1 heteroatoms. The van der Waals surface area contributed by atoms with E-state index in [9.17, 15) is 0 Å². The molecule has 0 bridgehead atoms. The second-order valence-electron chi connectivity index (χ2n) is 5.41. The molecule has 1 heterocycles. The summed E-state index contributed by atoms with van der Waals surface area (Å²) in [6.45, 7) is 13.2. The Morgan fingerprint density at radius 3 is 2.25 bits per heavy atom. The van der Waals surface area contributed by atoms with E-state index in [1.54, 1.807) is 0 Å². The van der Waals surface area contributed by atoms with E-state index in [1.165, 1.54) is 32.5 Å². The van der Waals surface area contributed by atoms with Crippen LogP contribution in [-0.4, -0.2) is 24.5 Å². The van der Waals surface area contributed by atoms with E-state index < -0.39 is 0 Å². The van der Waals surface area contributed by atoms with E-state index in [2.05, 4.69) is 32.6 Å². The van der Waals surface area contributed by atoms with Crippen LogP contribution < -0.4 is 0 Å². The molecular formula is C11H23N. The number of hydrogen-bond acceptors (Lipinski definition) is 1. The minimum Gasteiger partial charge on any atom is -0.302 e. The van der Waals surface area contributed by atoms with Crippen molar-refractivity contribution < 1.29 is 0 Å². The van der Waals surface area contributed by atoms with Gasteiger partial charge in [0.1, 0.15) is 0 Å². The Morgan fingerprint density at radius 1 is 1.25 bits per heavy atom. The first kappa shape index (κ1) is 10.0. The smallest absolute Gasteiger partial charge is 0.00303 e. The van der Waals surface area contributed by atoms with Gasteiger partial charge >= 0.3 is 0 Å². The Labute approximate surface area is 77.1 Å². The average molecular weight is 169 g/mol. The molecule has 1 saturated heterocycles. The zero-order valence-electron chi connectivity index (χ0n) is 9.06. The second-order valence-corrected chi connectivity index (χ2v) is 5.41. The van der Waals surface area contributed by atoms with Gasteiger partial charge in [-0.3, -0.25) is 0 Å². The highest BCUT2D eigenvalue weighted by Crippen LogP contribution is 2.25. The van der Waals surface area contributed by atoms with Crippen molar-refractivity contribution in [3.05, 3.63) is 0 Å². The Balaban J connectivity index is 2.10. The molecule has 0 atom stereocenters. The minimum absolute atomic E-state index is 0.483. The zero-order chi connectivity index (χ0) is 9.19. The Bertz CT molecular complexity index is 128. The van der Waals surface area contributed by atoms with Crippen LogP contribution >= 0.6 is 0 Å². The van der Waals surface area contributed by atoms with Gasteiger partial charge in [0.2, 0.25) is 0 Å². The predicted octanol–water partition coefficient (Wildman–Crippen LogP) is 2.76. The molecule has 0 amide bonds. The van der Waals surface area contributed by atoms with E-state index in [0.29, 0.717) is 5.41 Å². The fraction of sp³-hybridized carbons (Fsp3) is 1.00. The maximum atomic E-state index is 2.58. The van der Waals surface area contributed by atoms with Crippen LogP contribution in [0.5, 0.6) is 0 Å². The molecule has 1 nitrogen and oxygen atoms in total. The van der Waals surface area contributed by atoms with E-state index in [-0.39, 0.29) is 0 Å². The maximum Gasteiger partial charge on any atom is 0.00303 e. The number of likely N-dealkylation sites (tertiary alicyclic amines) is 1. The minimum atomic E-state index is 0.483. The highest BCUT2D eigenvalue weighted by Gasteiger charge is 2.28. The lowest BCUT2D eigenvalue weighted by atomic mass is 9.89. The van der Waals surface area contributed by atoms with Crippen LogP contribution in [0.15, 0.2) is 0 Å². The largest absolute Gasteiger partial charge is 0.302 e. The molecule has 0 aromatic heterocycles. The van der Waals surface area contributed by atoms with Crippen molar-refractivity contribution in [3.8, 4) is 0 Å². The third kappa shape index (κ3) is 3.14. The zero-order valence-corrected chi connectivity index (χ0v) is 9.06. The summed E-state index contributed by atoms with van der Waals surface area (Å²) in [7, 11) is 0. The van der Waals surface area contributed by atoms with E-state index in [0.717, 1.165) is 5.92 Å². The normalized spacial score (nSPS) is 21.0. The first-order valence-corrected chi connectivity index (χ1v) is 5.23. The van der Waals surface area contributed by atoms with Crippen LogP contribution in [0.25, 0.3) is 0 Å². The van der Waals surface area contributed by atoms with Gasteiger partial charge in [-0.2, -0.15) is 0 Å². The predicted molar refractivity (Wildman–Crippen MR) is 54.3 cm³/mol. The van der Waals surface area contributed by atoms with Crippen molar-refractivity contribution >= 4 is 0 Å². The molecular weight excluding hydrogens is 146 g/mol. The summed E-state index contributed by atoms with van der Waals surface area (Å²) >= 11 is 0. The lowest BCUT2D eigenvalue weighted by Gasteiger charge is -2.42. The van der Waals surface area contributed by atoms with Crippen LogP contribution in [0.4, 0.5) is 0 Å². The molecule has 0 aromatic carbocycles. The molecule has 1 fully saturated rings. The lowest BCUT2D eigenvalue weighted by molar-refractivity contribution is 0.0592. The van der Waals surface area contributed by atoms with Crippen molar-refractivity contribution in [1.29, 1.82) is 0 Å². The van der Waals surface area contributed by atoms with Crippen molar-refractivity contribution in [3.63, 3.8) is 0 Å². The van der Waals surface area contributed by atoms with Crippen LogP contribution in [0.2, 0.25) is 0 Å². The van der Waals surface area contributed by atoms with Gasteiger partial charge in [-0.15, -0.1) is 0 Å². The lowest BCUT2D eigenvalue weighted by Crippen LogP contribution is -2.49. The van der Waals surface area contributed by atoms with Crippen LogP contribution in [-0.2, 0) is 0 Å². The Kier molecular flexibility index (Phi) is 3.16. The average Bonchev–Trinajstić information content (AvgIpc) is 1.80. The molecule has 0 saturated carbocycles. The molecule has 0 radical (unpaired) electrons. The van der Waals surface area contributed by atoms with Crippen molar-refractivity contribution in [1.82, 2.24) is 4.90 Å². The van der Waals surface area contributed by atoms with Gasteiger partial charge in [-0.25, -0.2) is 0 Å². The van der Waals surface area contributed by atoms with E-state index in [1.807, 2.05) is 0 Å². The van der Waals surface area contributed by atoms with E-state index in [4.69, 9.17) is 0 Å². The molecule has 0 unspecified atom stereocenters. The van der Waals surface area contributed by atoms with E-state index >= 15 is 0 Å². The second kappa shape index (κ2) is 3.78. The van der Waals surface area contributed by atoms with Gasteiger partial charge < -0.3 is 4.90 Å². The highest BCUT2D eigenvalue weighted by atomic mass is 15.2. The summed E-state index contributed by atoms with van der Waals surface area (Å²) in [6, 6.07) is 0. The summed E-state index contributed by atoms with van der Waals surface area (Å²) in [5, 5.41) is 0. The molecule has 0 aliphatic carbocycles. The van der Waals surface area contributed by atoms with Crippen LogP contribution in [0.3, 0.4) is 0 Å². The summed E-state index contributed by atoms with van der Waals surface area (Å²) in [6.07, 6.45) is 2.79. The van der Waals surface area contributed by atoms with Gasteiger partial charge in [0.05, 0.1) is 0 Å². The number of nitrogens with zero attached hydrogens (tertiary/aromatic N) is 1. The summed E-state index contributed by atoms with van der Waals surface area (Å²) in [5.74, 6) is 1.01. The third-order valence-corrected chi connectivity index (χ3v) is 2.43. The van der Waals surface area contributed by atoms with Crippen LogP contribution in [0.1, 0.15) is 40.5 Å². The number of hydrogen-bond donors (Lipinski definition) is 0. The summed E-state index contributed by atoms with van der Waals surface area (Å²) in [5.41, 5.74) is 0.483. The summed E-state index contributed by atoms with van der Waals surface area (Å²) in [4.78, 5) is 2.58. The van der Waals surface area contributed by atoms with Gasteiger partial charge in [-0.05, 0) is 17.8 Å².